The molecule has 0 aromatic carbocycles. The molecule has 0 spiro atoms. The highest BCUT2D eigenvalue weighted by Gasteiger charge is 2.11. The summed E-state index contributed by atoms with van der Waals surface area (Å²) in [6.07, 6.45) is 1.88. The van der Waals surface area contributed by atoms with Gasteiger partial charge in [-0.05, 0) is 19.9 Å². The summed E-state index contributed by atoms with van der Waals surface area (Å²) in [5, 5.41) is 3.34. The van der Waals surface area contributed by atoms with Crippen molar-refractivity contribution in [3.05, 3.63) is 18.0 Å². The molecule has 17 heavy (non-hydrogen) atoms. The van der Waals surface area contributed by atoms with Crippen molar-refractivity contribution in [3.8, 4) is 6.01 Å². The molecule has 0 amide bonds. The number of piperazine rings is 1. The standard InChI is InChI=1S/C12H20N4O/c1-10(2)17-12-14-4-3-11(15-12)9-16-7-5-13-6-8-16/h3-4,10,13H,5-9H2,1-2H3. The Morgan fingerprint density at radius 1 is 1.41 bits per heavy atom. The van der Waals surface area contributed by atoms with Gasteiger partial charge in [-0.2, -0.15) is 4.98 Å². The van der Waals surface area contributed by atoms with Crippen LogP contribution in [0.2, 0.25) is 0 Å². The molecule has 0 radical (unpaired) electrons. The van der Waals surface area contributed by atoms with Gasteiger partial charge in [0.25, 0.3) is 0 Å². The van der Waals surface area contributed by atoms with Crippen LogP contribution in [0.4, 0.5) is 0 Å². The monoisotopic (exact) mass is 236 g/mol. The van der Waals surface area contributed by atoms with Crippen molar-refractivity contribution in [2.45, 2.75) is 26.5 Å². The Morgan fingerprint density at radius 2 is 2.18 bits per heavy atom. The van der Waals surface area contributed by atoms with Crippen LogP contribution in [0.3, 0.4) is 0 Å². The molecule has 2 rings (SSSR count). The van der Waals surface area contributed by atoms with Crippen molar-refractivity contribution in [2.75, 3.05) is 26.2 Å². The van der Waals surface area contributed by atoms with Crippen molar-refractivity contribution in [1.29, 1.82) is 0 Å². The number of nitrogens with one attached hydrogen (secondary N) is 1. The van der Waals surface area contributed by atoms with Crippen molar-refractivity contribution in [1.82, 2.24) is 20.2 Å². The van der Waals surface area contributed by atoms with Crippen molar-refractivity contribution >= 4 is 0 Å². The van der Waals surface area contributed by atoms with Crippen LogP contribution in [0, 0.1) is 0 Å². The molecule has 5 heteroatoms. The smallest absolute Gasteiger partial charge is 0.316 e. The number of nitrogens with zero attached hydrogens (tertiary/aromatic N) is 3. The largest absolute Gasteiger partial charge is 0.461 e. The summed E-state index contributed by atoms with van der Waals surface area (Å²) in [6.45, 7) is 9.09. The molecule has 0 saturated carbocycles. The predicted octanol–water partition coefficient (Wildman–Crippen LogP) is 0.669. The van der Waals surface area contributed by atoms with Crippen LogP contribution in [-0.2, 0) is 6.54 Å². The van der Waals surface area contributed by atoms with Gasteiger partial charge in [0.15, 0.2) is 0 Å². The first-order valence-corrected chi connectivity index (χ1v) is 6.15. The zero-order chi connectivity index (χ0) is 12.1. The SMILES string of the molecule is CC(C)Oc1nccc(CN2CCNCC2)n1. The van der Waals surface area contributed by atoms with E-state index in [-0.39, 0.29) is 6.10 Å². The Balaban J connectivity index is 1.95. The molecule has 0 atom stereocenters. The minimum Gasteiger partial charge on any atom is -0.461 e. The molecule has 1 aromatic heterocycles. The Kier molecular flexibility index (Phi) is 4.28. The molecule has 2 heterocycles. The third-order valence-electron chi connectivity index (χ3n) is 2.63. The summed E-state index contributed by atoms with van der Waals surface area (Å²) in [5.74, 6) is 0. The van der Waals surface area contributed by atoms with E-state index in [4.69, 9.17) is 4.74 Å². The molecule has 0 aliphatic carbocycles. The Morgan fingerprint density at radius 3 is 2.88 bits per heavy atom. The molecule has 1 aliphatic heterocycles. The molecule has 0 bridgehead atoms. The van der Waals surface area contributed by atoms with Gasteiger partial charge in [-0.1, -0.05) is 0 Å². The number of hydrogen-bond donors (Lipinski definition) is 1. The van der Waals surface area contributed by atoms with Gasteiger partial charge in [0, 0.05) is 38.9 Å². The number of hydrogen-bond acceptors (Lipinski definition) is 5. The molecule has 94 valence electrons. The van der Waals surface area contributed by atoms with E-state index < -0.39 is 0 Å². The Bertz CT molecular complexity index is 350. The van der Waals surface area contributed by atoms with Crippen LogP contribution in [0.25, 0.3) is 0 Å². The van der Waals surface area contributed by atoms with Gasteiger partial charge >= 0.3 is 6.01 Å². The molecular weight excluding hydrogens is 216 g/mol. The third-order valence-corrected chi connectivity index (χ3v) is 2.63. The second-order valence-electron chi connectivity index (χ2n) is 4.52. The van der Waals surface area contributed by atoms with Gasteiger partial charge < -0.3 is 10.1 Å². The van der Waals surface area contributed by atoms with Crippen LogP contribution in [0.15, 0.2) is 12.3 Å². The maximum absolute atomic E-state index is 5.49. The van der Waals surface area contributed by atoms with Crippen LogP contribution in [0.5, 0.6) is 6.01 Å². The summed E-state index contributed by atoms with van der Waals surface area (Å²) in [5.41, 5.74) is 1.03. The fourth-order valence-electron chi connectivity index (χ4n) is 1.83. The quantitative estimate of drug-likeness (QED) is 0.832. The summed E-state index contributed by atoms with van der Waals surface area (Å²) in [7, 11) is 0. The maximum Gasteiger partial charge on any atom is 0.316 e. The first kappa shape index (κ1) is 12.3. The Labute approximate surface area is 102 Å². The van der Waals surface area contributed by atoms with Crippen molar-refractivity contribution in [2.24, 2.45) is 0 Å². The zero-order valence-corrected chi connectivity index (χ0v) is 10.5. The van der Waals surface area contributed by atoms with E-state index in [1.807, 2.05) is 19.9 Å². The molecular formula is C12H20N4O. The lowest BCUT2D eigenvalue weighted by Gasteiger charge is -2.26. The molecule has 1 saturated heterocycles. The van der Waals surface area contributed by atoms with Gasteiger partial charge in [-0.25, -0.2) is 4.98 Å². The lowest BCUT2D eigenvalue weighted by molar-refractivity contribution is 0.213. The van der Waals surface area contributed by atoms with E-state index in [0.29, 0.717) is 6.01 Å². The summed E-state index contributed by atoms with van der Waals surface area (Å²) < 4.78 is 5.49. The number of rotatable bonds is 4. The summed E-state index contributed by atoms with van der Waals surface area (Å²) >= 11 is 0. The number of ether oxygens (including phenoxy) is 1. The first-order valence-electron chi connectivity index (χ1n) is 6.15. The van der Waals surface area contributed by atoms with E-state index in [1.165, 1.54) is 0 Å². The molecule has 1 N–H and O–H groups in total. The highest BCUT2D eigenvalue weighted by atomic mass is 16.5. The zero-order valence-electron chi connectivity index (χ0n) is 10.5. The normalized spacial score (nSPS) is 17.4. The minimum absolute atomic E-state index is 0.115. The number of aromatic nitrogens is 2. The highest BCUT2D eigenvalue weighted by Crippen LogP contribution is 2.08. The molecule has 1 fully saturated rings. The minimum atomic E-state index is 0.115. The molecule has 5 nitrogen and oxygen atoms in total. The molecule has 1 aliphatic rings. The third kappa shape index (κ3) is 3.94. The second-order valence-corrected chi connectivity index (χ2v) is 4.52. The fraction of sp³-hybridized carbons (Fsp3) is 0.667. The van der Waals surface area contributed by atoms with E-state index >= 15 is 0 Å². The highest BCUT2D eigenvalue weighted by molar-refractivity contribution is 5.05. The van der Waals surface area contributed by atoms with Crippen LogP contribution >= 0.6 is 0 Å². The first-order chi connectivity index (χ1) is 8.24. The van der Waals surface area contributed by atoms with E-state index in [1.54, 1.807) is 6.20 Å². The Hall–Kier alpha value is -1.20. The second kappa shape index (κ2) is 5.93. The van der Waals surface area contributed by atoms with Gasteiger partial charge in [0.05, 0.1) is 11.8 Å². The predicted molar refractivity (Wildman–Crippen MR) is 65.9 cm³/mol. The fourth-order valence-corrected chi connectivity index (χ4v) is 1.83. The lowest BCUT2D eigenvalue weighted by Crippen LogP contribution is -2.43. The summed E-state index contributed by atoms with van der Waals surface area (Å²) in [4.78, 5) is 10.9. The molecule has 0 unspecified atom stereocenters. The van der Waals surface area contributed by atoms with Gasteiger partial charge in [0.2, 0.25) is 0 Å². The van der Waals surface area contributed by atoms with E-state index in [2.05, 4.69) is 20.2 Å². The van der Waals surface area contributed by atoms with Gasteiger partial charge in [0.1, 0.15) is 0 Å². The summed E-state index contributed by atoms with van der Waals surface area (Å²) in [6, 6.07) is 2.43. The topological polar surface area (TPSA) is 50.3 Å². The van der Waals surface area contributed by atoms with Crippen LogP contribution < -0.4 is 10.1 Å². The molecule has 1 aromatic rings. The maximum atomic E-state index is 5.49. The van der Waals surface area contributed by atoms with Gasteiger partial charge in [-0.3, -0.25) is 4.90 Å². The van der Waals surface area contributed by atoms with Gasteiger partial charge in [-0.15, -0.1) is 0 Å². The lowest BCUT2D eigenvalue weighted by atomic mass is 10.3. The van der Waals surface area contributed by atoms with Crippen LogP contribution in [-0.4, -0.2) is 47.2 Å². The average molecular weight is 236 g/mol. The average Bonchev–Trinajstić information content (AvgIpc) is 2.30. The van der Waals surface area contributed by atoms with Crippen LogP contribution in [0.1, 0.15) is 19.5 Å². The van der Waals surface area contributed by atoms with Crippen molar-refractivity contribution in [3.63, 3.8) is 0 Å². The van der Waals surface area contributed by atoms with E-state index in [0.717, 1.165) is 38.4 Å². The van der Waals surface area contributed by atoms with E-state index in [9.17, 15) is 0 Å². The van der Waals surface area contributed by atoms with Crippen molar-refractivity contribution < 1.29 is 4.74 Å².